The molecule has 0 fully saturated rings. The fourth-order valence-electron chi connectivity index (χ4n) is 0.710. The van der Waals surface area contributed by atoms with Crippen molar-refractivity contribution in [3.8, 4) is 5.75 Å². The van der Waals surface area contributed by atoms with Gasteiger partial charge in [-0.05, 0) is 0 Å². The van der Waals surface area contributed by atoms with Crippen LogP contribution in [-0.2, 0) is 0 Å². The van der Waals surface area contributed by atoms with Crippen molar-refractivity contribution >= 4 is 11.4 Å². The topological polar surface area (TPSA) is 91.5 Å². The molecule has 1 aromatic carbocycles. The Bertz CT molecular complexity index is 369. The van der Waals surface area contributed by atoms with Crippen LogP contribution in [0.3, 0.4) is 0 Å². The molecular formula is C6H4N3O3+. The van der Waals surface area contributed by atoms with Crippen molar-refractivity contribution in [1.82, 2.24) is 0 Å². The Morgan fingerprint density at radius 2 is 2.25 bits per heavy atom. The number of phenolic OH excluding ortho intramolecular Hbond substituents is 1. The normalized spacial score (nSPS) is 8.92. The molecule has 12 heavy (non-hydrogen) atoms. The third-order valence-corrected chi connectivity index (χ3v) is 1.28. The van der Waals surface area contributed by atoms with Gasteiger partial charge >= 0.3 is 5.69 Å². The lowest BCUT2D eigenvalue weighted by molar-refractivity contribution is -0.384. The van der Waals surface area contributed by atoms with Crippen LogP contribution < -0.4 is 0 Å². The minimum Gasteiger partial charge on any atom is -0.501 e. The van der Waals surface area contributed by atoms with Crippen molar-refractivity contribution in [3.05, 3.63) is 33.3 Å². The number of aromatic hydroxyl groups is 1. The summed E-state index contributed by atoms with van der Waals surface area (Å²) in [5.74, 6) is -0.424. The van der Waals surface area contributed by atoms with Gasteiger partial charge in [0.1, 0.15) is 0 Å². The van der Waals surface area contributed by atoms with E-state index in [0.717, 1.165) is 18.2 Å². The maximum atomic E-state index is 10.2. The molecule has 0 heterocycles. The predicted octanol–water partition coefficient (Wildman–Crippen LogP) is 1.78. The van der Waals surface area contributed by atoms with Crippen LogP contribution in [0, 0.1) is 15.5 Å². The second-order valence-corrected chi connectivity index (χ2v) is 2.03. The molecule has 1 aromatic rings. The molecule has 0 unspecified atom stereocenters. The molecule has 1 N–H and O–H groups in total. The number of hydrogen-bond acceptors (Lipinski definition) is 4. The molecule has 0 aromatic heterocycles. The van der Waals surface area contributed by atoms with Crippen LogP contribution >= 0.6 is 0 Å². The number of nitrogens with zero attached hydrogens (tertiary/aromatic N) is 3. The number of nitro groups is 1. The number of benzene rings is 1. The van der Waals surface area contributed by atoms with Crippen molar-refractivity contribution < 1.29 is 10.0 Å². The Balaban J connectivity index is 3.21. The quantitative estimate of drug-likeness (QED) is 0.391. The minimum absolute atomic E-state index is 0.0967. The van der Waals surface area contributed by atoms with E-state index in [9.17, 15) is 10.1 Å². The van der Waals surface area contributed by atoms with Gasteiger partial charge in [0.25, 0.3) is 5.69 Å². The molecule has 0 aliphatic rings. The summed E-state index contributed by atoms with van der Waals surface area (Å²) < 4.78 is 0. The van der Waals surface area contributed by atoms with Gasteiger partial charge in [0.2, 0.25) is 11.1 Å². The van der Waals surface area contributed by atoms with Crippen LogP contribution in [0.25, 0.3) is 4.98 Å². The van der Waals surface area contributed by atoms with Gasteiger partial charge in [-0.25, -0.2) is 0 Å². The number of hydrogen-bond donors (Lipinski definition) is 1. The molecule has 0 aliphatic carbocycles. The zero-order valence-corrected chi connectivity index (χ0v) is 5.84. The highest BCUT2D eigenvalue weighted by Crippen LogP contribution is 2.29. The first-order valence-corrected chi connectivity index (χ1v) is 2.97. The molecule has 0 spiro atoms. The number of non-ortho nitro benzene ring substituents is 1. The summed E-state index contributed by atoms with van der Waals surface area (Å²) in [5.41, 5.74) is -0.347. The molecule has 60 valence electrons. The Labute approximate surface area is 66.8 Å². The Morgan fingerprint density at radius 3 is 2.67 bits per heavy atom. The lowest BCUT2D eigenvalue weighted by Gasteiger charge is -1.88. The SMILES string of the molecule is N#[N+]c1ccc([N+](=O)[O-])cc1O. The maximum Gasteiger partial charge on any atom is 0.426 e. The van der Waals surface area contributed by atoms with Gasteiger partial charge in [-0.1, -0.05) is 0 Å². The molecule has 0 radical (unpaired) electrons. The third kappa shape index (κ3) is 1.29. The van der Waals surface area contributed by atoms with Gasteiger partial charge in [-0.15, -0.1) is 0 Å². The van der Waals surface area contributed by atoms with Gasteiger partial charge in [0, 0.05) is 12.1 Å². The van der Waals surface area contributed by atoms with E-state index in [2.05, 4.69) is 4.98 Å². The largest absolute Gasteiger partial charge is 0.501 e. The standard InChI is InChI=1S/C6H3N3O3/c7-8-5-2-1-4(9(11)12)3-6(5)10/h1-3H/p+1. The first-order valence-electron chi connectivity index (χ1n) is 2.97. The van der Waals surface area contributed by atoms with E-state index < -0.39 is 10.7 Å². The molecule has 0 saturated carbocycles. The van der Waals surface area contributed by atoms with Crippen LogP contribution in [0.15, 0.2) is 18.2 Å². The van der Waals surface area contributed by atoms with Crippen molar-refractivity contribution in [2.24, 2.45) is 0 Å². The second-order valence-electron chi connectivity index (χ2n) is 2.03. The van der Waals surface area contributed by atoms with E-state index in [1.54, 1.807) is 0 Å². The molecule has 0 aliphatic heterocycles. The molecule has 1 rings (SSSR count). The molecular weight excluding hydrogens is 162 g/mol. The van der Waals surface area contributed by atoms with E-state index in [-0.39, 0.29) is 11.4 Å². The lowest BCUT2D eigenvalue weighted by Crippen LogP contribution is -1.85. The highest BCUT2D eigenvalue weighted by molar-refractivity contribution is 5.60. The van der Waals surface area contributed by atoms with Crippen molar-refractivity contribution in [2.45, 2.75) is 0 Å². The predicted molar refractivity (Wildman–Crippen MR) is 39.5 cm³/mol. The maximum absolute atomic E-state index is 10.2. The average Bonchev–Trinajstić information content (AvgIpc) is 2.04. The van der Waals surface area contributed by atoms with Gasteiger partial charge < -0.3 is 5.11 Å². The molecule has 0 amide bonds. The number of rotatable bonds is 1. The summed E-state index contributed by atoms with van der Waals surface area (Å²) in [7, 11) is 0. The molecule has 0 bridgehead atoms. The minimum atomic E-state index is -0.652. The first-order chi connectivity index (χ1) is 5.65. The smallest absolute Gasteiger partial charge is 0.426 e. The summed E-state index contributed by atoms with van der Waals surface area (Å²) in [4.78, 5) is 12.2. The number of nitro benzene ring substituents is 1. The van der Waals surface area contributed by atoms with Crippen molar-refractivity contribution in [2.75, 3.05) is 0 Å². The highest BCUT2D eigenvalue weighted by Gasteiger charge is 2.17. The molecule has 6 nitrogen and oxygen atoms in total. The third-order valence-electron chi connectivity index (χ3n) is 1.28. The highest BCUT2D eigenvalue weighted by atomic mass is 16.6. The van der Waals surface area contributed by atoms with Crippen LogP contribution in [0.4, 0.5) is 11.4 Å². The summed E-state index contributed by atoms with van der Waals surface area (Å²) in [6, 6.07) is 3.19. The van der Waals surface area contributed by atoms with Gasteiger partial charge in [0.05, 0.1) is 11.0 Å². The summed E-state index contributed by atoms with van der Waals surface area (Å²) in [6.07, 6.45) is 0. The zero-order chi connectivity index (χ0) is 9.14. The zero-order valence-electron chi connectivity index (χ0n) is 5.84. The van der Waals surface area contributed by atoms with E-state index in [0.29, 0.717) is 0 Å². The second kappa shape index (κ2) is 2.84. The van der Waals surface area contributed by atoms with Gasteiger partial charge in [-0.3, -0.25) is 10.1 Å². The molecule has 0 saturated heterocycles. The van der Waals surface area contributed by atoms with Crippen molar-refractivity contribution in [3.63, 3.8) is 0 Å². The van der Waals surface area contributed by atoms with E-state index >= 15 is 0 Å². The fraction of sp³-hybridized carbons (Fsp3) is 0. The lowest BCUT2D eigenvalue weighted by atomic mass is 10.2. The van der Waals surface area contributed by atoms with Gasteiger partial charge in [0.15, 0.2) is 4.98 Å². The molecule has 6 heteroatoms. The molecule has 0 atom stereocenters. The fourth-order valence-corrected chi connectivity index (χ4v) is 0.710. The van der Waals surface area contributed by atoms with E-state index in [1.165, 1.54) is 0 Å². The van der Waals surface area contributed by atoms with Gasteiger partial charge in [-0.2, -0.15) is 0 Å². The van der Waals surface area contributed by atoms with Crippen LogP contribution in [0.5, 0.6) is 5.75 Å². The van der Waals surface area contributed by atoms with Crippen molar-refractivity contribution in [1.29, 1.82) is 5.39 Å². The Hall–Kier alpha value is -2.16. The summed E-state index contributed by atoms with van der Waals surface area (Å²) in [6.45, 7) is 0. The number of phenols is 1. The Kier molecular flexibility index (Phi) is 1.88. The van der Waals surface area contributed by atoms with E-state index in [1.807, 2.05) is 0 Å². The van der Waals surface area contributed by atoms with Crippen LogP contribution in [0.1, 0.15) is 0 Å². The van der Waals surface area contributed by atoms with Crippen LogP contribution in [-0.4, -0.2) is 10.0 Å². The van der Waals surface area contributed by atoms with Crippen LogP contribution in [0.2, 0.25) is 0 Å². The monoisotopic (exact) mass is 166 g/mol. The summed E-state index contributed by atoms with van der Waals surface area (Å²) >= 11 is 0. The number of diazo groups is 1. The van der Waals surface area contributed by atoms with E-state index in [4.69, 9.17) is 10.5 Å². The summed E-state index contributed by atoms with van der Waals surface area (Å²) in [5, 5.41) is 27.4. The average molecular weight is 166 g/mol. The Morgan fingerprint density at radius 1 is 1.58 bits per heavy atom. The first kappa shape index (κ1) is 7.94.